The molecule has 1 aliphatic rings. The fourth-order valence-corrected chi connectivity index (χ4v) is 3.04. The predicted octanol–water partition coefficient (Wildman–Crippen LogP) is 4.70. The molecule has 3 rings (SSSR count). The van der Waals surface area contributed by atoms with Crippen molar-refractivity contribution in [3.8, 4) is 5.75 Å². The number of para-hydroxylation sites is 1. The molecule has 0 fully saturated rings. The summed E-state index contributed by atoms with van der Waals surface area (Å²) in [5.74, 6) is 1.44. The van der Waals surface area contributed by atoms with Crippen LogP contribution < -0.4 is 10.1 Å². The zero-order valence-electron chi connectivity index (χ0n) is 15.2. The van der Waals surface area contributed by atoms with E-state index in [2.05, 4.69) is 26.1 Å². The van der Waals surface area contributed by atoms with Crippen LogP contribution in [0.3, 0.4) is 0 Å². The molecule has 1 aliphatic heterocycles. The van der Waals surface area contributed by atoms with Crippen LogP contribution in [0.15, 0.2) is 48.5 Å². The van der Waals surface area contributed by atoms with Gasteiger partial charge in [0.25, 0.3) is 5.91 Å². The van der Waals surface area contributed by atoms with Gasteiger partial charge in [-0.1, -0.05) is 45.0 Å². The maximum absolute atomic E-state index is 12.9. The SMILES string of the molecule is CCCN1C(=O)c2ccccc2NC1c1ccc(OCC(C)C)cc1. The highest BCUT2D eigenvalue weighted by atomic mass is 16.5. The van der Waals surface area contributed by atoms with Crippen molar-refractivity contribution in [1.29, 1.82) is 0 Å². The number of nitrogens with one attached hydrogen (secondary N) is 1. The van der Waals surface area contributed by atoms with E-state index in [-0.39, 0.29) is 12.1 Å². The lowest BCUT2D eigenvalue weighted by molar-refractivity contribution is 0.0683. The van der Waals surface area contributed by atoms with E-state index in [9.17, 15) is 4.79 Å². The number of nitrogens with zero attached hydrogens (tertiary/aromatic N) is 1. The zero-order valence-corrected chi connectivity index (χ0v) is 15.2. The van der Waals surface area contributed by atoms with Crippen LogP contribution in [0.5, 0.6) is 5.75 Å². The van der Waals surface area contributed by atoms with Gasteiger partial charge in [-0.3, -0.25) is 4.79 Å². The molecule has 0 spiro atoms. The lowest BCUT2D eigenvalue weighted by Gasteiger charge is -2.38. The Hall–Kier alpha value is -2.49. The van der Waals surface area contributed by atoms with Crippen LogP contribution in [0.1, 0.15) is 49.3 Å². The highest BCUT2D eigenvalue weighted by Gasteiger charge is 2.31. The monoisotopic (exact) mass is 338 g/mol. The van der Waals surface area contributed by atoms with Crippen molar-refractivity contribution in [1.82, 2.24) is 4.90 Å². The van der Waals surface area contributed by atoms with Gasteiger partial charge in [-0.15, -0.1) is 0 Å². The van der Waals surface area contributed by atoms with Gasteiger partial charge in [0.05, 0.1) is 12.2 Å². The Morgan fingerprint density at radius 1 is 1.12 bits per heavy atom. The highest BCUT2D eigenvalue weighted by Crippen LogP contribution is 2.33. The molecule has 1 atom stereocenters. The second-order valence-electron chi connectivity index (χ2n) is 6.86. The molecule has 0 saturated heterocycles. The summed E-state index contributed by atoms with van der Waals surface area (Å²) in [6.07, 6.45) is 0.767. The number of rotatable bonds is 6. The van der Waals surface area contributed by atoms with Crippen LogP contribution in [0.4, 0.5) is 5.69 Å². The molecule has 2 aromatic carbocycles. The number of amides is 1. The first-order chi connectivity index (χ1) is 12.1. The molecule has 2 aromatic rings. The second kappa shape index (κ2) is 7.60. The first kappa shape index (κ1) is 17.3. The number of hydrogen-bond donors (Lipinski definition) is 1. The topological polar surface area (TPSA) is 41.6 Å². The minimum atomic E-state index is -0.151. The number of carbonyl (C=O) groups excluding carboxylic acids is 1. The van der Waals surface area contributed by atoms with Gasteiger partial charge < -0.3 is 15.0 Å². The summed E-state index contributed by atoms with van der Waals surface area (Å²) >= 11 is 0. The molecule has 4 heteroatoms. The molecular weight excluding hydrogens is 312 g/mol. The van der Waals surface area contributed by atoms with Crippen molar-refractivity contribution < 1.29 is 9.53 Å². The number of carbonyl (C=O) groups is 1. The largest absolute Gasteiger partial charge is 0.493 e. The van der Waals surface area contributed by atoms with E-state index in [0.29, 0.717) is 12.5 Å². The Labute approximate surface area is 149 Å². The Bertz CT molecular complexity index is 725. The number of fused-ring (bicyclic) bond motifs is 1. The number of ether oxygens (including phenoxy) is 1. The van der Waals surface area contributed by atoms with Gasteiger partial charge >= 0.3 is 0 Å². The molecule has 1 N–H and O–H groups in total. The van der Waals surface area contributed by atoms with Gasteiger partial charge in [0.2, 0.25) is 0 Å². The molecule has 1 amide bonds. The van der Waals surface area contributed by atoms with E-state index in [1.54, 1.807) is 0 Å². The summed E-state index contributed by atoms with van der Waals surface area (Å²) in [5.41, 5.74) is 2.70. The Kier molecular flexibility index (Phi) is 5.27. The fourth-order valence-electron chi connectivity index (χ4n) is 3.04. The van der Waals surface area contributed by atoms with Crippen molar-refractivity contribution in [2.24, 2.45) is 5.92 Å². The maximum atomic E-state index is 12.9. The van der Waals surface area contributed by atoms with Crippen LogP contribution in [-0.2, 0) is 0 Å². The van der Waals surface area contributed by atoms with E-state index < -0.39 is 0 Å². The highest BCUT2D eigenvalue weighted by molar-refractivity contribution is 6.01. The standard InChI is InChI=1S/C21H26N2O2/c1-4-13-23-20(22-19-8-6-5-7-18(19)21(23)24)16-9-11-17(12-10-16)25-14-15(2)3/h5-12,15,20,22H,4,13-14H2,1-3H3. The summed E-state index contributed by atoms with van der Waals surface area (Å²) in [6, 6.07) is 15.7. The van der Waals surface area contributed by atoms with Crippen LogP contribution in [0, 0.1) is 5.92 Å². The van der Waals surface area contributed by atoms with Crippen molar-refractivity contribution in [3.05, 3.63) is 59.7 Å². The first-order valence-electron chi connectivity index (χ1n) is 8.99. The van der Waals surface area contributed by atoms with Crippen molar-refractivity contribution >= 4 is 11.6 Å². The van der Waals surface area contributed by atoms with E-state index >= 15 is 0 Å². The van der Waals surface area contributed by atoms with Crippen LogP contribution in [-0.4, -0.2) is 24.0 Å². The lowest BCUT2D eigenvalue weighted by Crippen LogP contribution is -2.43. The van der Waals surface area contributed by atoms with Gasteiger partial charge in [0.1, 0.15) is 11.9 Å². The molecule has 0 aromatic heterocycles. The molecule has 132 valence electrons. The van der Waals surface area contributed by atoms with Gasteiger partial charge in [-0.2, -0.15) is 0 Å². The lowest BCUT2D eigenvalue weighted by atomic mass is 10.0. The third-order valence-corrected chi connectivity index (χ3v) is 4.27. The molecule has 25 heavy (non-hydrogen) atoms. The molecule has 0 aliphatic carbocycles. The maximum Gasteiger partial charge on any atom is 0.257 e. The number of anilines is 1. The Morgan fingerprint density at radius 2 is 1.84 bits per heavy atom. The molecular formula is C21H26N2O2. The molecule has 0 bridgehead atoms. The summed E-state index contributed by atoms with van der Waals surface area (Å²) in [7, 11) is 0. The van der Waals surface area contributed by atoms with E-state index in [1.807, 2.05) is 53.4 Å². The number of hydrogen-bond acceptors (Lipinski definition) is 3. The minimum absolute atomic E-state index is 0.0846. The van der Waals surface area contributed by atoms with Crippen LogP contribution >= 0.6 is 0 Å². The minimum Gasteiger partial charge on any atom is -0.493 e. The molecule has 4 nitrogen and oxygen atoms in total. The fraction of sp³-hybridized carbons (Fsp3) is 0.381. The van der Waals surface area contributed by atoms with Crippen molar-refractivity contribution in [3.63, 3.8) is 0 Å². The predicted molar refractivity (Wildman–Crippen MR) is 101 cm³/mol. The molecule has 0 radical (unpaired) electrons. The summed E-state index contributed by atoms with van der Waals surface area (Å²) in [4.78, 5) is 14.8. The number of benzene rings is 2. The normalized spacial score (nSPS) is 16.6. The Balaban J connectivity index is 1.85. The quantitative estimate of drug-likeness (QED) is 0.830. The third kappa shape index (κ3) is 3.78. The molecule has 1 heterocycles. The van der Waals surface area contributed by atoms with Crippen LogP contribution in [0.25, 0.3) is 0 Å². The molecule has 1 unspecified atom stereocenters. The van der Waals surface area contributed by atoms with E-state index in [0.717, 1.165) is 35.5 Å². The van der Waals surface area contributed by atoms with Gasteiger partial charge in [0, 0.05) is 12.2 Å². The summed E-state index contributed by atoms with van der Waals surface area (Å²) < 4.78 is 5.76. The zero-order chi connectivity index (χ0) is 17.8. The van der Waals surface area contributed by atoms with Gasteiger partial charge in [-0.25, -0.2) is 0 Å². The van der Waals surface area contributed by atoms with E-state index in [4.69, 9.17) is 4.74 Å². The first-order valence-corrected chi connectivity index (χ1v) is 8.99. The average molecular weight is 338 g/mol. The van der Waals surface area contributed by atoms with Gasteiger partial charge in [-0.05, 0) is 42.2 Å². The summed E-state index contributed by atoms with van der Waals surface area (Å²) in [6.45, 7) is 7.77. The van der Waals surface area contributed by atoms with Crippen LogP contribution in [0.2, 0.25) is 0 Å². The third-order valence-electron chi connectivity index (χ3n) is 4.27. The second-order valence-corrected chi connectivity index (χ2v) is 6.86. The van der Waals surface area contributed by atoms with Gasteiger partial charge in [0.15, 0.2) is 0 Å². The van der Waals surface area contributed by atoms with E-state index in [1.165, 1.54) is 0 Å². The van der Waals surface area contributed by atoms with Crippen molar-refractivity contribution in [2.45, 2.75) is 33.4 Å². The Morgan fingerprint density at radius 3 is 2.52 bits per heavy atom. The summed E-state index contributed by atoms with van der Waals surface area (Å²) in [5, 5.41) is 3.51. The van der Waals surface area contributed by atoms with Crippen molar-refractivity contribution in [2.75, 3.05) is 18.5 Å². The average Bonchev–Trinajstić information content (AvgIpc) is 2.63. The molecule has 0 saturated carbocycles. The smallest absolute Gasteiger partial charge is 0.257 e.